The van der Waals surface area contributed by atoms with Crippen LogP contribution in [0.1, 0.15) is 5.56 Å². The molecule has 13 heavy (non-hydrogen) atoms. The van der Waals surface area contributed by atoms with Crippen LogP contribution in [0.2, 0.25) is 0 Å². The molecule has 0 aromatic carbocycles. The maximum atomic E-state index is 5.26. The first kappa shape index (κ1) is 9.72. The first-order chi connectivity index (χ1) is 6.43. The molecule has 0 bridgehead atoms. The molecular weight excluding hydrogens is 164 g/mol. The third-order valence-electron chi connectivity index (χ3n) is 1.42. The smallest absolute Gasteiger partial charge is 0.108 e. The van der Waals surface area contributed by atoms with Gasteiger partial charge in [0, 0.05) is 12.4 Å². The highest BCUT2D eigenvalue weighted by molar-refractivity contribution is 5.08. The molecule has 0 aliphatic heterocycles. The fourth-order valence-electron chi connectivity index (χ4n) is 0.822. The summed E-state index contributed by atoms with van der Waals surface area (Å²) in [5.74, 6) is 5.52. The molecule has 0 saturated carbocycles. The van der Waals surface area contributed by atoms with Crippen molar-refractivity contribution in [1.29, 1.82) is 0 Å². The van der Waals surface area contributed by atoms with Crippen LogP contribution in [-0.4, -0.2) is 18.1 Å². The molecule has 0 aliphatic rings. The molecule has 0 saturated heterocycles. The highest BCUT2D eigenvalue weighted by Crippen LogP contribution is 1.97. The SMILES string of the molecule is NCC#CCOCc1ccncc1. The second kappa shape index (κ2) is 6.18. The van der Waals surface area contributed by atoms with Crippen molar-refractivity contribution in [3.05, 3.63) is 30.1 Å². The van der Waals surface area contributed by atoms with E-state index in [0.717, 1.165) is 5.56 Å². The zero-order valence-electron chi connectivity index (χ0n) is 7.36. The Kier molecular flexibility index (Phi) is 4.62. The average Bonchev–Trinajstić information content (AvgIpc) is 2.19. The standard InChI is InChI=1S/C10H12N2O/c11-5-1-2-8-13-9-10-3-6-12-7-4-10/h3-4,6-7H,5,8-9,11H2. The number of rotatable bonds is 3. The predicted octanol–water partition coefficient (Wildman–Crippen LogP) is 0.560. The van der Waals surface area contributed by atoms with E-state index in [4.69, 9.17) is 10.5 Å². The van der Waals surface area contributed by atoms with E-state index in [2.05, 4.69) is 16.8 Å². The maximum Gasteiger partial charge on any atom is 0.108 e. The molecule has 0 atom stereocenters. The second-order valence-electron chi connectivity index (χ2n) is 2.41. The zero-order valence-corrected chi connectivity index (χ0v) is 7.36. The predicted molar refractivity (Wildman–Crippen MR) is 50.7 cm³/mol. The molecule has 1 aromatic rings. The molecule has 68 valence electrons. The van der Waals surface area contributed by atoms with Crippen LogP contribution in [0, 0.1) is 11.8 Å². The lowest BCUT2D eigenvalue weighted by Crippen LogP contribution is -1.96. The molecule has 0 aliphatic carbocycles. The quantitative estimate of drug-likeness (QED) is 0.540. The van der Waals surface area contributed by atoms with E-state index in [9.17, 15) is 0 Å². The number of aromatic nitrogens is 1. The molecule has 1 heterocycles. The summed E-state index contributed by atoms with van der Waals surface area (Å²) in [7, 11) is 0. The van der Waals surface area contributed by atoms with Crippen molar-refractivity contribution in [2.45, 2.75) is 6.61 Å². The van der Waals surface area contributed by atoms with Gasteiger partial charge in [0.25, 0.3) is 0 Å². The van der Waals surface area contributed by atoms with Crippen LogP contribution in [0.25, 0.3) is 0 Å². The summed E-state index contributed by atoms with van der Waals surface area (Å²) < 4.78 is 5.26. The number of hydrogen-bond donors (Lipinski definition) is 1. The first-order valence-corrected chi connectivity index (χ1v) is 4.06. The highest BCUT2D eigenvalue weighted by atomic mass is 16.5. The molecule has 1 aromatic heterocycles. The Labute approximate surface area is 77.9 Å². The Morgan fingerprint density at radius 3 is 2.77 bits per heavy atom. The largest absolute Gasteiger partial charge is 0.364 e. The number of hydrogen-bond acceptors (Lipinski definition) is 3. The molecular formula is C10H12N2O. The Bertz CT molecular complexity index is 287. The Hall–Kier alpha value is -1.37. The van der Waals surface area contributed by atoms with Gasteiger partial charge in [0.05, 0.1) is 13.2 Å². The van der Waals surface area contributed by atoms with Crippen LogP contribution >= 0.6 is 0 Å². The van der Waals surface area contributed by atoms with E-state index >= 15 is 0 Å². The van der Waals surface area contributed by atoms with Gasteiger partial charge in [-0.3, -0.25) is 4.98 Å². The summed E-state index contributed by atoms with van der Waals surface area (Å²) in [6.45, 7) is 1.39. The van der Waals surface area contributed by atoms with E-state index in [-0.39, 0.29) is 0 Å². The summed E-state index contributed by atoms with van der Waals surface area (Å²) >= 11 is 0. The van der Waals surface area contributed by atoms with Crippen molar-refractivity contribution in [1.82, 2.24) is 4.98 Å². The number of ether oxygens (including phenoxy) is 1. The summed E-state index contributed by atoms with van der Waals surface area (Å²) in [5.41, 5.74) is 6.29. The zero-order chi connectivity index (χ0) is 9.36. The Morgan fingerprint density at radius 1 is 1.31 bits per heavy atom. The maximum absolute atomic E-state index is 5.26. The van der Waals surface area contributed by atoms with Gasteiger partial charge in [0.15, 0.2) is 0 Å². The molecule has 3 heteroatoms. The van der Waals surface area contributed by atoms with Crippen molar-refractivity contribution >= 4 is 0 Å². The average molecular weight is 176 g/mol. The summed E-state index contributed by atoms with van der Waals surface area (Å²) in [5, 5.41) is 0. The van der Waals surface area contributed by atoms with E-state index in [1.54, 1.807) is 12.4 Å². The van der Waals surface area contributed by atoms with Gasteiger partial charge >= 0.3 is 0 Å². The molecule has 3 nitrogen and oxygen atoms in total. The highest BCUT2D eigenvalue weighted by Gasteiger charge is 1.88. The minimum absolute atomic E-state index is 0.388. The molecule has 0 unspecified atom stereocenters. The number of nitrogens with two attached hydrogens (primary N) is 1. The molecule has 0 spiro atoms. The van der Waals surface area contributed by atoms with Gasteiger partial charge in [-0.2, -0.15) is 0 Å². The minimum Gasteiger partial charge on any atom is -0.364 e. The van der Waals surface area contributed by atoms with E-state index in [1.807, 2.05) is 12.1 Å². The normalized spacial score (nSPS) is 9.00. The second-order valence-corrected chi connectivity index (χ2v) is 2.41. The summed E-state index contributed by atoms with van der Waals surface area (Å²) in [6, 6.07) is 3.83. The van der Waals surface area contributed by atoms with E-state index < -0.39 is 0 Å². The topological polar surface area (TPSA) is 48.1 Å². The van der Waals surface area contributed by atoms with Gasteiger partial charge in [-0.05, 0) is 17.7 Å². The van der Waals surface area contributed by atoms with Crippen molar-refractivity contribution in [3.63, 3.8) is 0 Å². The minimum atomic E-state index is 0.388. The van der Waals surface area contributed by atoms with Gasteiger partial charge in [-0.15, -0.1) is 0 Å². The lowest BCUT2D eigenvalue weighted by atomic mass is 10.3. The number of pyridine rings is 1. The Morgan fingerprint density at radius 2 is 2.08 bits per heavy atom. The van der Waals surface area contributed by atoms with Gasteiger partial charge in [0.2, 0.25) is 0 Å². The molecule has 0 fully saturated rings. The van der Waals surface area contributed by atoms with Crippen LogP contribution in [0.15, 0.2) is 24.5 Å². The fraction of sp³-hybridized carbons (Fsp3) is 0.300. The fourth-order valence-corrected chi connectivity index (χ4v) is 0.822. The third-order valence-corrected chi connectivity index (χ3v) is 1.42. The molecule has 1 rings (SSSR count). The Balaban J connectivity index is 2.20. The van der Waals surface area contributed by atoms with Crippen LogP contribution < -0.4 is 5.73 Å². The van der Waals surface area contributed by atoms with Crippen LogP contribution in [0.4, 0.5) is 0 Å². The molecule has 0 radical (unpaired) electrons. The van der Waals surface area contributed by atoms with Crippen LogP contribution in [-0.2, 0) is 11.3 Å². The summed E-state index contributed by atoms with van der Waals surface area (Å²) in [4.78, 5) is 3.90. The van der Waals surface area contributed by atoms with Crippen molar-refractivity contribution in [2.24, 2.45) is 5.73 Å². The summed E-state index contributed by atoms with van der Waals surface area (Å²) in [6.07, 6.45) is 3.48. The monoisotopic (exact) mass is 176 g/mol. The molecule has 2 N–H and O–H groups in total. The van der Waals surface area contributed by atoms with E-state index in [0.29, 0.717) is 19.8 Å². The molecule has 0 amide bonds. The van der Waals surface area contributed by atoms with Gasteiger partial charge < -0.3 is 10.5 Å². The van der Waals surface area contributed by atoms with Gasteiger partial charge in [0.1, 0.15) is 6.61 Å². The van der Waals surface area contributed by atoms with Crippen molar-refractivity contribution < 1.29 is 4.74 Å². The lowest BCUT2D eigenvalue weighted by Gasteiger charge is -1.98. The van der Waals surface area contributed by atoms with Crippen LogP contribution in [0.3, 0.4) is 0 Å². The first-order valence-electron chi connectivity index (χ1n) is 4.06. The van der Waals surface area contributed by atoms with Gasteiger partial charge in [-0.25, -0.2) is 0 Å². The van der Waals surface area contributed by atoms with E-state index in [1.165, 1.54) is 0 Å². The third kappa shape index (κ3) is 4.26. The van der Waals surface area contributed by atoms with Gasteiger partial charge in [-0.1, -0.05) is 11.8 Å². The van der Waals surface area contributed by atoms with Crippen LogP contribution in [0.5, 0.6) is 0 Å². The van der Waals surface area contributed by atoms with Crippen molar-refractivity contribution in [2.75, 3.05) is 13.2 Å². The van der Waals surface area contributed by atoms with Crippen molar-refractivity contribution in [3.8, 4) is 11.8 Å². The number of nitrogens with zero attached hydrogens (tertiary/aromatic N) is 1. The lowest BCUT2D eigenvalue weighted by molar-refractivity contribution is 0.153.